The molecule has 46 heavy (non-hydrogen) atoms. The third-order valence-electron chi connectivity index (χ3n) is 5.61. The average molecular weight is 755 g/mol. The molecular formula is C30H52BrN5O8S2. The van der Waals surface area contributed by atoms with Gasteiger partial charge in [-0.05, 0) is 75.8 Å². The highest BCUT2D eigenvalue weighted by atomic mass is 79.9. The molecule has 0 bridgehead atoms. The summed E-state index contributed by atoms with van der Waals surface area (Å²) in [6.45, 7) is 22.6. The van der Waals surface area contributed by atoms with Crippen LogP contribution in [0, 0.1) is 22.7 Å². The highest BCUT2D eigenvalue weighted by Gasteiger charge is 2.38. The van der Waals surface area contributed by atoms with Crippen molar-refractivity contribution in [1.82, 2.24) is 14.7 Å². The minimum atomic E-state index is -0.981. The first-order valence-electron chi connectivity index (χ1n) is 14.8. The van der Waals surface area contributed by atoms with Crippen LogP contribution in [0.2, 0.25) is 0 Å². The van der Waals surface area contributed by atoms with Gasteiger partial charge in [-0.15, -0.1) is 23.5 Å². The normalized spacial score (nSPS) is 17.3. The van der Waals surface area contributed by atoms with Crippen molar-refractivity contribution < 1.29 is 38.5 Å². The van der Waals surface area contributed by atoms with E-state index >= 15 is 0 Å². The maximum atomic E-state index is 11.9. The Morgan fingerprint density at radius 1 is 0.870 bits per heavy atom. The van der Waals surface area contributed by atoms with E-state index in [0.29, 0.717) is 40.7 Å². The Balaban J connectivity index is 0. The van der Waals surface area contributed by atoms with Crippen molar-refractivity contribution in [1.29, 1.82) is 10.5 Å². The first-order valence-corrected chi connectivity index (χ1v) is 18.2. The Bertz CT molecular complexity index is 1030. The van der Waals surface area contributed by atoms with Gasteiger partial charge in [-0.1, -0.05) is 22.9 Å². The van der Waals surface area contributed by atoms with Gasteiger partial charge in [0.1, 0.15) is 29.4 Å². The van der Waals surface area contributed by atoms with Crippen molar-refractivity contribution in [3.63, 3.8) is 0 Å². The monoisotopic (exact) mass is 753 g/mol. The quantitative estimate of drug-likeness (QED) is 0.197. The molecule has 2 aliphatic rings. The summed E-state index contributed by atoms with van der Waals surface area (Å²) in [6, 6.07) is 3.52. The van der Waals surface area contributed by atoms with Gasteiger partial charge in [0.25, 0.3) is 0 Å². The molecule has 2 rings (SSSR count). The van der Waals surface area contributed by atoms with E-state index in [0.717, 1.165) is 6.54 Å². The minimum Gasteiger partial charge on any atom is -0.480 e. The number of hydrogen-bond acceptors (Lipinski definition) is 12. The number of aliphatic carboxylic acids is 1. The van der Waals surface area contributed by atoms with Crippen LogP contribution in [0.1, 0.15) is 76.2 Å². The number of nitrogens with zero attached hydrogens (tertiary/aromatic N) is 5. The van der Waals surface area contributed by atoms with E-state index in [1.165, 1.54) is 33.3 Å². The number of rotatable bonds is 6. The van der Waals surface area contributed by atoms with Crippen LogP contribution in [0.5, 0.6) is 0 Å². The zero-order chi connectivity index (χ0) is 36.3. The van der Waals surface area contributed by atoms with Crippen molar-refractivity contribution in [3.05, 3.63) is 0 Å². The molecule has 0 saturated carbocycles. The van der Waals surface area contributed by atoms with Crippen LogP contribution in [-0.4, -0.2) is 121 Å². The molecule has 0 spiro atoms. The summed E-state index contributed by atoms with van der Waals surface area (Å²) in [6.07, 6.45) is -1.09. The molecule has 0 aliphatic carbocycles. The van der Waals surface area contributed by atoms with Crippen LogP contribution in [0.25, 0.3) is 0 Å². The third-order valence-corrected chi connectivity index (χ3v) is 7.88. The van der Waals surface area contributed by atoms with E-state index in [1.807, 2.05) is 6.07 Å². The number of esters is 1. The molecule has 2 atom stereocenters. The van der Waals surface area contributed by atoms with Gasteiger partial charge in [-0.2, -0.15) is 10.5 Å². The molecule has 2 heterocycles. The van der Waals surface area contributed by atoms with Crippen LogP contribution in [0.3, 0.4) is 0 Å². The number of thioether (sulfide) groups is 2. The number of hydrogen-bond donors (Lipinski definition) is 1. The summed E-state index contributed by atoms with van der Waals surface area (Å²) in [5.41, 5.74) is -1.20. The lowest BCUT2D eigenvalue weighted by atomic mass is 10.2. The van der Waals surface area contributed by atoms with Crippen molar-refractivity contribution in [3.8, 4) is 12.1 Å². The number of carboxylic acids is 1. The van der Waals surface area contributed by atoms with E-state index in [2.05, 4.69) is 55.4 Å². The number of amides is 2. The number of halogens is 1. The largest absolute Gasteiger partial charge is 0.480 e. The molecule has 0 aromatic heterocycles. The highest BCUT2D eigenvalue weighted by Crippen LogP contribution is 2.25. The maximum absolute atomic E-state index is 11.9. The van der Waals surface area contributed by atoms with Gasteiger partial charge in [-0.3, -0.25) is 14.7 Å². The lowest BCUT2D eigenvalue weighted by Gasteiger charge is -2.28. The molecule has 0 radical (unpaired) electrons. The third kappa shape index (κ3) is 20.0. The van der Waals surface area contributed by atoms with Crippen LogP contribution >= 0.6 is 39.5 Å². The van der Waals surface area contributed by atoms with E-state index in [1.54, 1.807) is 47.6 Å². The average Bonchev–Trinajstić information content (AvgIpc) is 3.61. The molecule has 2 aliphatic heterocycles. The Hall–Kier alpha value is -2.40. The topological polar surface area (TPSA) is 174 Å². The second kappa shape index (κ2) is 23.0. The van der Waals surface area contributed by atoms with E-state index in [9.17, 15) is 19.2 Å². The molecule has 2 fully saturated rings. The smallest absolute Gasteiger partial charge is 0.411 e. The molecule has 2 amide bonds. The maximum Gasteiger partial charge on any atom is 0.411 e. The van der Waals surface area contributed by atoms with Gasteiger partial charge in [0.2, 0.25) is 0 Å². The summed E-state index contributed by atoms with van der Waals surface area (Å²) in [5, 5.41) is 25.2. The van der Waals surface area contributed by atoms with Crippen LogP contribution in [-0.2, 0) is 23.8 Å². The van der Waals surface area contributed by atoms with Gasteiger partial charge < -0.3 is 19.3 Å². The molecule has 13 nitrogen and oxygen atoms in total. The highest BCUT2D eigenvalue weighted by molar-refractivity contribution is 9.09. The van der Waals surface area contributed by atoms with Gasteiger partial charge in [0.15, 0.2) is 6.61 Å². The standard InChI is InChI=1S/C11H16N2O4S.C9H15NO4S.C8H19N.C2H2BrN/c1-11(2,3)17-10(15)13-7-18-6-8(13)9(14)16-5-4-12;1-9(2,3)14-8(13)10-5-15-4-6(10)7(11)12;1-6-9(7(2)3)8(4)5;3-1-2-4/h8H,5-7H2,1-3H3;6H,4-5H2,1-3H3,(H,11,12);7-8H,6H2,1-5H3;1H2/t8-;6-;;/m00../s1. The number of alkyl halides is 1. The molecular weight excluding hydrogens is 702 g/mol. The van der Waals surface area contributed by atoms with Crippen molar-refractivity contribution in [2.45, 2.75) is 112 Å². The summed E-state index contributed by atoms with van der Waals surface area (Å²) in [4.78, 5) is 51.0. The first kappa shape index (κ1) is 45.7. The number of nitriles is 2. The van der Waals surface area contributed by atoms with Crippen molar-refractivity contribution in [2.24, 2.45) is 0 Å². The van der Waals surface area contributed by atoms with E-state index in [4.69, 9.17) is 29.8 Å². The Labute approximate surface area is 291 Å². The van der Waals surface area contributed by atoms with Gasteiger partial charge in [0, 0.05) is 23.6 Å². The van der Waals surface area contributed by atoms with Gasteiger partial charge >= 0.3 is 24.1 Å². The molecule has 0 aromatic carbocycles. The van der Waals surface area contributed by atoms with Crippen LogP contribution in [0.15, 0.2) is 0 Å². The van der Waals surface area contributed by atoms with Crippen molar-refractivity contribution in [2.75, 3.05) is 41.7 Å². The van der Waals surface area contributed by atoms with Crippen molar-refractivity contribution >= 4 is 63.6 Å². The summed E-state index contributed by atoms with van der Waals surface area (Å²) < 4.78 is 15.0. The number of carboxylic acid groups (broad SMARTS) is 1. The second-order valence-corrected chi connectivity index (χ2v) is 14.9. The number of carbonyl (C=O) groups excluding carboxylic acids is 3. The molecule has 0 aromatic rings. The Morgan fingerprint density at radius 2 is 1.26 bits per heavy atom. The lowest BCUT2D eigenvalue weighted by molar-refractivity contribution is -0.147. The molecule has 264 valence electrons. The fourth-order valence-electron chi connectivity index (χ4n) is 3.81. The van der Waals surface area contributed by atoms with Gasteiger partial charge in [-0.25, -0.2) is 19.2 Å². The zero-order valence-corrected chi connectivity index (χ0v) is 32.2. The fourth-order valence-corrected chi connectivity index (χ4v) is 6.07. The Morgan fingerprint density at radius 3 is 1.54 bits per heavy atom. The predicted octanol–water partition coefficient (Wildman–Crippen LogP) is 5.77. The Kier molecular flexibility index (Phi) is 22.9. The van der Waals surface area contributed by atoms with Crippen LogP contribution < -0.4 is 0 Å². The second-order valence-electron chi connectivity index (χ2n) is 12.3. The molecule has 1 N–H and O–H groups in total. The minimum absolute atomic E-state index is 0.303. The molecule has 16 heteroatoms. The van der Waals surface area contributed by atoms with E-state index < -0.39 is 47.4 Å². The predicted molar refractivity (Wildman–Crippen MR) is 185 cm³/mol. The zero-order valence-electron chi connectivity index (χ0n) is 29.0. The lowest BCUT2D eigenvalue weighted by Crippen LogP contribution is -2.45. The summed E-state index contributed by atoms with van der Waals surface area (Å²) in [5.74, 6) is 0.115. The SMILES string of the molecule is CC(C)(C)OC(=O)N1CSC[C@H]1C(=O)O.CC(C)(C)OC(=O)N1CSC[C@H]1C(=O)OCC#N.CCN(C(C)C)C(C)C.N#CCBr. The number of carbonyl (C=O) groups is 4. The molecule has 2 saturated heterocycles. The molecule has 0 unspecified atom stereocenters. The van der Waals surface area contributed by atoms with E-state index in [-0.39, 0.29) is 6.61 Å². The van der Waals surface area contributed by atoms with Crippen LogP contribution in [0.4, 0.5) is 9.59 Å². The van der Waals surface area contributed by atoms with Gasteiger partial charge in [0.05, 0.1) is 23.2 Å². The number of ether oxygens (including phenoxy) is 3. The fraction of sp³-hybridized carbons (Fsp3) is 0.800. The summed E-state index contributed by atoms with van der Waals surface area (Å²) in [7, 11) is 0. The first-order chi connectivity index (χ1) is 21.2. The summed E-state index contributed by atoms with van der Waals surface area (Å²) >= 11 is 5.75.